The van der Waals surface area contributed by atoms with Gasteiger partial charge in [-0.05, 0) is 140 Å². The summed E-state index contributed by atoms with van der Waals surface area (Å²) in [7, 11) is -8.63. The van der Waals surface area contributed by atoms with Gasteiger partial charge in [-0.25, -0.2) is 9.13 Å². The molecule has 11 heteroatoms. The van der Waals surface area contributed by atoms with Crippen LogP contribution < -0.4 is 18.1 Å². The molecule has 0 saturated heterocycles. The van der Waals surface area contributed by atoms with Crippen molar-refractivity contribution in [1.29, 1.82) is 0 Å². The molecule has 0 saturated carbocycles. The zero-order valence-electron chi connectivity index (χ0n) is 44.3. The molecule has 0 amide bonds. The van der Waals surface area contributed by atoms with Crippen molar-refractivity contribution in [2.75, 3.05) is 0 Å². The van der Waals surface area contributed by atoms with Gasteiger partial charge in [0.15, 0.2) is 0 Å². The van der Waals surface area contributed by atoms with Crippen LogP contribution in [0.15, 0.2) is 97.1 Å². The van der Waals surface area contributed by atoms with E-state index in [1.165, 1.54) is 0 Å². The molecular weight excluding hydrogens is 903 g/mol. The van der Waals surface area contributed by atoms with E-state index in [2.05, 4.69) is 138 Å². The van der Waals surface area contributed by atoms with Gasteiger partial charge in [-0.15, -0.1) is 0 Å². The van der Waals surface area contributed by atoms with Gasteiger partial charge < -0.3 is 18.1 Å². The van der Waals surface area contributed by atoms with Gasteiger partial charge in [0.05, 0.1) is 0 Å². The number of rotatable bonds is 16. The van der Waals surface area contributed by atoms with Crippen LogP contribution in [-0.4, -0.2) is 47.5 Å². The molecule has 0 spiro atoms. The van der Waals surface area contributed by atoms with E-state index in [1.807, 2.05) is 48.5 Å². The van der Waals surface area contributed by atoms with Crippen molar-refractivity contribution in [2.45, 2.75) is 186 Å². The van der Waals surface area contributed by atoms with Crippen LogP contribution in [0.1, 0.15) is 186 Å². The fourth-order valence-electron chi connectivity index (χ4n) is 10.1. The van der Waals surface area contributed by atoms with E-state index >= 15 is 0 Å². The minimum atomic E-state index is -4.31. The molecule has 0 aliphatic carbocycles. The molecule has 4 rings (SSSR count). The van der Waals surface area contributed by atoms with Gasteiger partial charge in [0.1, 0.15) is 23.0 Å². The summed E-state index contributed by atoms with van der Waals surface area (Å²) in [5.41, 5.74) is 5.37. The average Bonchev–Trinajstić information content (AvgIpc) is 3.08. The third kappa shape index (κ3) is 21.7. The van der Waals surface area contributed by atoms with E-state index in [4.69, 9.17) is 18.1 Å². The summed E-state index contributed by atoms with van der Waals surface area (Å²) in [5, 5.41) is 0. The van der Waals surface area contributed by atoms with Crippen LogP contribution in [-0.2, 0) is 30.8 Å². The summed E-state index contributed by atoms with van der Waals surface area (Å²) < 4.78 is 46.5. The normalized spacial score (nSPS) is 13.5. The molecular formula is C56H88CaO8P2. The first-order valence-electron chi connectivity index (χ1n) is 23.4. The van der Waals surface area contributed by atoms with Crippen molar-refractivity contribution < 1.29 is 37.0 Å². The van der Waals surface area contributed by atoms with Crippen molar-refractivity contribution in [3.05, 3.63) is 119 Å². The SMILES string of the molecule is CC(C)(C)CC(C)(C)c1ccc(OP(=O)(O)Oc2ccc(C(C)(C)CC(C)(C)C)cc2)cc1.CC(C)(C)CC(C)(C)c1ccc(OP(=O)(O)Oc2ccc(C(C)(C)CC(C)(C)C)cc2)cc1.[CaH2]. The maximum atomic E-state index is 12.6. The summed E-state index contributed by atoms with van der Waals surface area (Å²) in [4.78, 5) is 20.6. The number of hydrogen-bond acceptors (Lipinski definition) is 6. The van der Waals surface area contributed by atoms with Crippen LogP contribution in [0, 0.1) is 21.7 Å². The van der Waals surface area contributed by atoms with Crippen LogP contribution in [0.4, 0.5) is 0 Å². The van der Waals surface area contributed by atoms with E-state index in [1.54, 1.807) is 48.5 Å². The van der Waals surface area contributed by atoms with Gasteiger partial charge in [-0.2, -0.15) is 0 Å². The van der Waals surface area contributed by atoms with E-state index in [9.17, 15) is 18.9 Å². The first kappa shape index (κ1) is 60.8. The molecule has 0 bridgehead atoms. The van der Waals surface area contributed by atoms with Crippen molar-refractivity contribution in [3.63, 3.8) is 0 Å². The first-order chi connectivity index (χ1) is 29.6. The predicted octanol–water partition coefficient (Wildman–Crippen LogP) is 16.4. The maximum absolute atomic E-state index is 12.6. The Bertz CT molecular complexity index is 1930. The number of benzene rings is 4. The number of phosphoric acid groups is 2. The molecule has 0 heterocycles. The standard InChI is InChI=1S/2C28H43O4P.Ca.2H/c2*1-25(2,3)19-27(7,8)21-11-15-23(16-12-21)31-33(29,30)32-24-17-13-22(14-18-24)28(9,10)20-26(4,5)6;;;/h2*11-18H,19-20H2,1-10H3,(H,29,30);;;. The van der Waals surface area contributed by atoms with Gasteiger partial charge in [-0.1, -0.05) is 187 Å². The predicted molar refractivity (Wildman–Crippen MR) is 285 cm³/mol. The Morgan fingerprint density at radius 1 is 0.313 bits per heavy atom. The summed E-state index contributed by atoms with van der Waals surface area (Å²) in [6, 6.07) is 29.4. The molecule has 8 nitrogen and oxygen atoms in total. The monoisotopic (exact) mass is 991 g/mol. The molecule has 0 unspecified atom stereocenters. The van der Waals surface area contributed by atoms with E-state index in [0.717, 1.165) is 47.9 Å². The van der Waals surface area contributed by atoms with Gasteiger partial charge in [0, 0.05) is 0 Å². The Balaban J connectivity index is 0.000000453. The van der Waals surface area contributed by atoms with Gasteiger partial charge in [0.25, 0.3) is 0 Å². The van der Waals surface area contributed by atoms with Crippen molar-refractivity contribution in [2.24, 2.45) is 21.7 Å². The Labute approximate surface area is 437 Å². The zero-order valence-corrected chi connectivity index (χ0v) is 46.1. The fourth-order valence-corrected chi connectivity index (χ4v) is 11.8. The first-order valence-corrected chi connectivity index (χ1v) is 26.4. The third-order valence-electron chi connectivity index (χ3n) is 11.3. The summed E-state index contributed by atoms with van der Waals surface area (Å²) in [6.07, 6.45) is 4.07. The second-order valence-corrected chi connectivity index (χ2v) is 28.5. The van der Waals surface area contributed by atoms with Crippen LogP contribution in [0.25, 0.3) is 0 Å². The summed E-state index contributed by atoms with van der Waals surface area (Å²) >= 11 is 0. The van der Waals surface area contributed by atoms with Gasteiger partial charge in [0.2, 0.25) is 0 Å². The molecule has 0 fully saturated rings. The van der Waals surface area contributed by atoms with Crippen LogP contribution in [0.2, 0.25) is 0 Å². The van der Waals surface area contributed by atoms with E-state index in [-0.39, 0.29) is 81.1 Å². The molecule has 372 valence electrons. The second kappa shape index (κ2) is 22.4. The molecule has 0 aliphatic heterocycles. The molecule has 2 N–H and O–H groups in total. The second-order valence-electron chi connectivity index (χ2n) is 25.9. The van der Waals surface area contributed by atoms with E-state index in [0.29, 0.717) is 23.0 Å². The molecule has 0 atom stereocenters. The van der Waals surface area contributed by atoms with Crippen LogP contribution in [0.3, 0.4) is 0 Å². The molecule has 67 heavy (non-hydrogen) atoms. The average molecular weight is 991 g/mol. The number of phosphoric ester groups is 2. The van der Waals surface area contributed by atoms with Crippen molar-refractivity contribution >= 4 is 53.4 Å². The quantitative estimate of drug-likeness (QED) is 0.0843. The summed E-state index contributed by atoms with van der Waals surface area (Å²) in [5.74, 6) is 1.22. The summed E-state index contributed by atoms with van der Waals surface area (Å²) in [6.45, 7) is 44.4. The molecule has 4 aromatic carbocycles. The molecule has 4 aromatic rings. The Kier molecular flexibility index (Phi) is 20.4. The molecule has 0 aromatic heterocycles. The van der Waals surface area contributed by atoms with Crippen LogP contribution >= 0.6 is 15.6 Å². The number of hydrogen-bond donors (Lipinski definition) is 2. The minimum absolute atomic E-state index is 0. The van der Waals surface area contributed by atoms with Crippen molar-refractivity contribution in [1.82, 2.24) is 0 Å². The van der Waals surface area contributed by atoms with Crippen LogP contribution in [0.5, 0.6) is 23.0 Å². The Hall–Kier alpha value is -2.28. The van der Waals surface area contributed by atoms with Gasteiger partial charge in [-0.3, -0.25) is 9.79 Å². The Morgan fingerprint density at radius 2 is 0.448 bits per heavy atom. The fraction of sp³-hybridized carbons (Fsp3) is 0.571. The Morgan fingerprint density at radius 3 is 0.567 bits per heavy atom. The van der Waals surface area contributed by atoms with Crippen molar-refractivity contribution in [3.8, 4) is 23.0 Å². The third-order valence-corrected chi connectivity index (χ3v) is 13.1. The van der Waals surface area contributed by atoms with Gasteiger partial charge >= 0.3 is 53.4 Å². The molecule has 0 radical (unpaired) electrons. The zero-order chi connectivity index (χ0) is 50.6. The topological polar surface area (TPSA) is 112 Å². The molecule has 0 aliphatic rings. The van der Waals surface area contributed by atoms with E-state index < -0.39 is 15.6 Å².